The van der Waals surface area contributed by atoms with Crippen LogP contribution >= 0.6 is 0 Å². The highest BCUT2D eigenvalue weighted by molar-refractivity contribution is 5.16. The molecule has 2 unspecified atom stereocenters. The highest BCUT2D eigenvalue weighted by atomic mass is 15.0. The van der Waals surface area contributed by atoms with Gasteiger partial charge in [0, 0.05) is 6.54 Å². The Morgan fingerprint density at radius 3 is 2.75 bits per heavy atom. The number of nitrogens with zero attached hydrogens (tertiary/aromatic N) is 1. The quantitative estimate of drug-likeness (QED) is 0.804. The Hall–Kier alpha value is -1.33. The van der Waals surface area contributed by atoms with E-state index in [4.69, 9.17) is 0 Å². The zero-order chi connectivity index (χ0) is 14.3. The second kappa shape index (κ2) is 7.45. The van der Waals surface area contributed by atoms with Crippen LogP contribution in [0.5, 0.6) is 0 Å². The molecule has 0 amide bonds. The summed E-state index contributed by atoms with van der Waals surface area (Å²) in [5.74, 6) is 0.828. The number of rotatable bonds is 5. The maximum atomic E-state index is 9.65. The molecule has 1 aromatic carbocycles. The number of hydrogen-bond acceptors (Lipinski definition) is 2. The summed E-state index contributed by atoms with van der Waals surface area (Å²) < 4.78 is 0. The molecule has 0 heterocycles. The van der Waals surface area contributed by atoms with Crippen LogP contribution in [-0.4, -0.2) is 5.54 Å². The average molecular weight is 270 g/mol. The molecule has 1 saturated carbocycles. The van der Waals surface area contributed by atoms with Gasteiger partial charge in [-0.15, -0.1) is 0 Å². The standard InChI is InChI=1S/C18H26N2/c1-2-7-16-10-6-12-18(15-19,13-11-16)20-14-17-8-4-3-5-9-17/h3-5,8-9,16,20H,2,6-7,10-14H2,1H3. The lowest BCUT2D eigenvalue weighted by Gasteiger charge is -2.26. The molecule has 0 aromatic heterocycles. The Morgan fingerprint density at radius 2 is 2.05 bits per heavy atom. The first-order valence-electron chi connectivity index (χ1n) is 7.98. The van der Waals surface area contributed by atoms with E-state index in [1.54, 1.807) is 0 Å². The largest absolute Gasteiger partial charge is 0.295 e. The van der Waals surface area contributed by atoms with Crippen molar-refractivity contribution >= 4 is 0 Å². The summed E-state index contributed by atoms with van der Waals surface area (Å²) in [7, 11) is 0. The third kappa shape index (κ3) is 4.08. The van der Waals surface area contributed by atoms with Gasteiger partial charge < -0.3 is 0 Å². The van der Waals surface area contributed by atoms with E-state index < -0.39 is 0 Å². The van der Waals surface area contributed by atoms with E-state index in [1.807, 2.05) is 6.07 Å². The molecule has 2 heteroatoms. The van der Waals surface area contributed by atoms with Crippen LogP contribution in [0.15, 0.2) is 30.3 Å². The van der Waals surface area contributed by atoms with Gasteiger partial charge in [0.05, 0.1) is 6.07 Å². The minimum absolute atomic E-state index is 0.307. The first-order chi connectivity index (χ1) is 9.78. The highest BCUT2D eigenvalue weighted by Gasteiger charge is 2.32. The van der Waals surface area contributed by atoms with Crippen molar-refractivity contribution in [1.82, 2.24) is 5.32 Å². The molecular weight excluding hydrogens is 244 g/mol. The summed E-state index contributed by atoms with van der Waals surface area (Å²) in [5, 5.41) is 13.2. The van der Waals surface area contributed by atoms with Crippen LogP contribution in [0.2, 0.25) is 0 Å². The van der Waals surface area contributed by atoms with Gasteiger partial charge in [0.2, 0.25) is 0 Å². The molecule has 0 bridgehead atoms. The molecule has 1 aliphatic rings. The molecular formula is C18H26N2. The monoisotopic (exact) mass is 270 g/mol. The smallest absolute Gasteiger partial charge is 0.107 e. The topological polar surface area (TPSA) is 35.8 Å². The van der Waals surface area contributed by atoms with Crippen molar-refractivity contribution in [2.24, 2.45) is 5.92 Å². The van der Waals surface area contributed by atoms with E-state index in [0.29, 0.717) is 0 Å². The van der Waals surface area contributed by atoms with Gasteiger partial charge in [-0.2, -0.15) is 5.26 Å². The lowest BCUT2D eigenvalue weighted by Crippen LogP contribution is -2.43. The molecule has 0 radical (unpaired) electrons. The third-order valence-electron chi connectivity index (χ3n) is 4.58. The Bertz CT molecular complexity index is 434. The van der Waals surface area contributed by atoms with Crippen LogP contribution < -0.4 is 5.32 Å². The van der Waals surface area contributed by atoms with E-state index in [9.17, 15) is 5.26 Å². The van der Waals surface area contributed by atoms with Gasteiger partial charge in [0.15, 0.2) is 0 Å². The second-order valence-electron chi connectivity index (χ2n) is 6.12. The zero-order valence-electron chi connectivity index (χ0n) is 12.6. The van der Waals surface area contributed by atoms with Crippen molar-refractivity contribution in [3.8, 4) is 6.07 Å². The normalized spacial score (nSPS) is 26.7. The fraction of sp³-hybridized carbons (Fsp3) is 0.611. The molecule has 0 spiro atoms. The molecule has 1 fully saturated rings. The summed E-state index contributed by atoms with van der Waals surface area (Å²) in [6, 6.07) is 13.0. The molecule has 1 N–H and O–H groups in total. The van der Waals surface area contributed by atoms with Crippen molar-refractivity contribution in [1.29, 1.82) is 5.26 Å². The lowest BCUT2D eigenvalue weighted by atomic mass is 9.90. The van der Waals surface area contributed by atoms with Gasteiger partial charge >= 0.3 is 0 Å². The predicted octanol–water partition coefficient (Wildman–Crippen LogP) is 4.42. The number of hydrogen-bond donors (Lipinski definition) is 1. The van der Waals surface area contributed by atoms with Crippen molar-refractivity contribution in [2.75, 3.05) is 0 Å². The van der Waals surface area contributed by atoms with E-state index in [0.717, 1.165) is 25.3 Å². The zero-order valence-corrected chi connectivity index (χ0v) is 12.6. The van der Waals surface area contributed by atoms with Gasteiger partial charge in [-0.3, -0.25) is 5.32 Å². The average Bonchev–Trinajstić information content (AvgIpc) is 2.70. The van der Waals surface area contributed by atoms with Crippen LogP contribution in [0, 0.1) is 17.2 Å². The first kappa shape index (κ1) is 15.1. The molecule has 0 saturated heterocycles. The molecule has 2 atom stereocenters. The van der Waals surface area contributed by atoms with Crippen molar-refractivity contribution in [3.05, 3.63) is 35.9 Å². The summed E-state index contributed by atoms with van der Waals surface area (Å²) in [5.41, 5.74) is 0.953. The van der Waals surface area contributed by atoms with Crippen LogP contribution in [0.4, 0.5) is 0 Å². The predicted molar refractivity (Wildman–Crippen MR) is 83.1 cm³/mol. The van der Waals surface area contributed by atoms with E-state index in [2.05, 4.69) is 42.6 Å². The van der Waals surface area contributed by atoms with Gasteiger partial charge in [0.25, 0.3) is 0 Å². The van der Waals surface area contributed by atoms with Gasteiger partial charge in [-0.1, -0.05) is 62.9 Å². The van der Waals surface area contributed by atoms with E-state index in [-0.39, 0.29) is 5.54 Å². The number of nitrogens with one attached hydrogen (secondary N) is 1. The number of benzene rings is 1. The Balaban J connectivity index is 1.94. The van der Waals surface area contributed by atoms with Crippen molar-refractivity contribution in [3.63, 3.8) is 0 Å². The SMILES string of the molecule is CCCC1CCCC(C#N)(NCc2ccccc2)CC1. The highest BCUT2D eigenvalue weighted by Crippen LogP contribution is 2.32. The van der Waals surface area contributed by atoms with Gasteiger partial charge in [-0.05, 0) is 30.7 Å². The van der Waals surface area contributed by atoms with Crippen molar-refractivity contribution < 1.29 is 0 Å². The van der Waals surface area contributed by atoms with Crippen molar-refractivity contribution in [2.45, 2.75) is 64.0 Å². The molecule has 2 rings (SSSR count). The number of nitriles is 1. The second-order valence-corrected chi connectivity index (χ2v) is 6.12. The molecule has 2 nitrogen and oxygen atoms in total. The van der Waals surface area contributed by atoms with Crippen LogP contribution in [0.1, 0.15) is 57.4 Å². The maximum absolute atomic E-state index is 9.65. The molecule has 1 aromatic rings. The molecule has 1 aliphatic carbocycles. The summed E-state index contributed by atoms with van der Waals surface area (Å²) in [6.45, 7) is 3.06. The minimum atomic E-state index is -0.307. The molecule has 20 heavy (non-hydrogen) atoms. The van der Waals surface area contributed by atoms with Crippen LogP contribution in [0.25, 0.3) is 0 Å². The van der Waals surface area contributed by atoms with E-state index in [1.165, 1.54) is 37.7 Å². The summed E-state index contributed by atoms with van der Waals surface area (Å²) in [6.07, 6.45) is 8.26. The Morgan fingerprint density at radius 1 is 1.25 bits per heavy atom. The van der Waals surface area contributed by atoms with E-state index >= 15 is 0 Å². The Labute approximate surface area is 123 Å². The molecule has 0 aliphatic heterocycles. The van der Waals surface area contributed by atoms with Crippen LogP contribution in [0.3, 0.4) is 0 Å². The van der Waals surface area contributed by atoms with Crippen LogP contribution in [-0.2, 0) is 6.54 Å². The lowest BCUT2D eigenvalue weighted by molar-refractivity contribution is 0.352. The van der Waals surface area contributed by atoms with Gasteiger partial charge in [0.1, 0.15) is 5.54 Å². The minimum Gasteiger partial charge on any atom is -0.295 e. The summed E-state index contributed by atoms with van der Waals surface area (Å²) in [4.78, 5) is 0. The summed E-state index contributed by atoms with van der Waals surface area (Å²) >= 11 is 0. The molecule has 108 valence electrons. The Kier molecular flexibility index (Phi) is 5.61. The first-order valence-corrected chi connectivity index (χ1v) is 7.98. The fourth-order valence-electron chi connectivity index (χ4n) is 3.30. The maximum Gasteiger partial charge on any atom is 0.107 e. The third-order valence-corrected chi connectivity index (χ3v) is 4.58. The van der Waals surface area contributed by atoms with Gasteiger partial charge in [-0.25, -0.2) is 0 Å². The fourth-order valence-corrected chi connectivity index (χ4v) is 3.30.